The predicted molar refractivity (Wildman–Crippen MR) is 60.3 cm³/mol. The number of hydrogen-bond donors (Lipinski definition) is 0. The number of ether oxygens (including phenoxy) is 1. The Balaban J connectivity index is 2.69. The van der Waals surface area contributed by atoms with Crippen LogP contribution in [-0.2, 0) is 4.74 Å². The summed E-state index contributed by atoms with van der Waals surface area (Å²) in [5, 5.41) is 0. The Kier molecular flexibility index (Phi) is 3.01. The predicted octanol–water partition coefficient (Wildman–Crippen LogP) is 4.96. The van der Waals surface area contributed by atoms with Gasteiger partial charge in [0, 0.05) is 10.8 Å². The van der Waals surface area contributed by atoms with E-state index in [2.05, 4.69) is 4.74 Å². The van der Waals surface area contributed by atoms with E-state index in [0.29, 0.717) is 0 Å². The van der Waals surface area contributed by atoms with E-state index >= 15 is 0 Å². The fraction of sp³-hybridized carbons (Fsp3) is 1.00. The summed E-state index contributed by atoms with van der Waals surface area (Å²) in [6, 6.07) is 0. The van der Waals surface area contributed by atoms with E-state index in [1.807, 2.05) is 0 Å². The maximum atomic E-state index is 14.6. The van der Waals surface area contributed by atoms with Gasteiger partial charge in [-0.25, -0.2) is 13.2 Å². The van der Waals surface area contributed by atoms with Crippen LogP contribution in [0.1, 0.15) is 34.6 Å². The number of fused-ring (bicyclic) bond motifs is 1. The van der Waals surface area contributed by atoms with Gasteiger partial charge in [0.25, 0.3) is 5.92 Å². The topological polar surface area (TPSA) is 9.23 Å². The molecule has 1 aliphatic carbocycles. The van der Waals surface area contributed by atoms with Crippen molar-refractivity contribution in [2.75, 3.05) is 0 Å². The molecular formula is C13H16F8O. The van der Waals surface area contributed by atoms with Crippen molar-refractivity contribution in [3.63, 3.8) is 0 Å². The molecule has 0 amide bonds. The molecule has 2 fully saturated rings. The molecule has 2 aliphatic rings. The fourth-order valence-electron chi connectivity index (χ4n) is 3.67. The van der Waals surface area contributed by atoms with E-state index < -0.39 is 46.2 Å². The lowest BCUT2D eigenvalue weighted by Crippen LogP contribution is -2.57. The zero-order valence-electron chi connectivity index (χ0n) is 12.5. The highest BCUT2D eigenvalue weighted by molar-refractivity contribution is 5.39. The van der Waals surface area contributed by atoms with Gasteiger partial charge in [0.2, 0.25) is 0 Å². The molecule has 1 heterocycles. The molecule has 9 heteroatoms. The molecule has 0 aromatic rings. The van der Waals surface area contributed by atoms with Crippen LogP contribution in [0.5, 0.6) is 0 Å². The zero-order chi connectivity index (χ0) is 17.8. The minimum atomic E-state index is -6.04. The average molecular weight is 340 g/mol. The lowest BCUT2D eigenvalue weighted by molar-refractivity contribution is -0.389. The van der Waals surface area contributed by atoms with Crippen molar-refractivity contribution >= 4 is 0 Å². The Morgan fingerprint density at radius 3 is 1.59 bits per heavy atom. The first-order valence-corrected chi connectivity index (χ1v) is 6.54. The molecule has 3 atom stereocenters. The fourth-order valence-corrected chi connectivity index (χ4v) is 3.67. The van der Waals surface area contributed by atoms with E-state index in [9.17, 15) is 35.1 Å². The van der Waals surface area contributed by atoms with Crippen LogP contribution >= 0.6 is 0 Å². The highest BCUT2D eigenvalue weighted by atomic mass is 19.4. The summed E-state index contributed by atoms with van der Waals surface area (Å²) in [4.78, 5) is 0. The van der Waals surface area contributed by atoms with Gasteiger partial charge in [0.15, 0.2) is 5.60 Å². The minimum Gasteiger partial charge on any atom is -0.304 e. The third-order valence-electron chi connectivity index (χ3n) is 4.93. The molecule has 2 rings (SSSR count). The van der Waals surface area contributed by atoms with Crippen molar-refractivity contribution in [3.8, 4) is 0 Å². The van der Waals surface area contributed by atoms with Gasteiger partial charge in [0.1, 0.15) is 0 Å². The van der Waals surface area contributed by atoms with Crippen molar-refractivity contribution in [1.29, 1.82) is 0 Å². The third-order valence-corrected chi connectivity index (χ3v) is 4.93. The molecule has 0 aromatic carbocycles. The van der Waals surface area contributed by atoms with Gasteiger partial charge < -0.3 is 4.74 Å². The van der Waals surface area contributed by atoms with E-state index in [0.717, 1.165) is 34.6 Å². The van der Waals surface area contributed by atoms with Crippen LogP contribution in [0.2, 0.25) is 0 Å². The summed E-state index contributed by atoms with van der Waals surface area (Å²) < 4.78 is 114. The Labute approximate surface area is 122 Å². The Morgan fingerprint density at radius 2 is 1.27 bits per heavy atom. The van der Waals surface area contributed by atoms with Crippen molar-refractivity contribution in [2.45, 2.75) is 64.1 Å². The second kappa shape index (κ2) is 3.72. The van der Waals surface area contributed by atoms with Crippen molar-refractivity contribution in [3.05, 3.63) is 0 Å². The van der Waals surface area contributed by atoms with Gasteiger partial charge in [-0.2, -0.15) is 22.0 Å². The molecular weight excluding hydrogens is 324 g/mol. The van der Waals surface area contributed by atoms with E-state index in [1.54, 1.807) is 0 Å². The molecule has 1 saturated carbocycles. The summed E-state index contributed by atoms with van der Waals surface area (Å²) in [5.74, 6) is -6.80. The van der Waals surface area contributed by atoms with E-state index in [-0.39, 0.29) is 0 Å². The van der Waals surface area contributed by atoms with Gasteiger partial charge in [-0.05, 0) is 0 Å². The SMILES string of the molecule is CC(C)(C)C(F)(F)C12OC(F)(F)C(F)(C(F)(F)F)C1C2(C)C. The molecule has 0 radical (unpaired) electrons. The average Bonchev–Trinajstić information content (AvgIpc) is 2.59. The number of rotatable bonds is 1. The summed E-state index contributed by atoms with van der Waals surface area (Å²) in [7, 11) is 0. The smallest absolute Gasteiger partial charge is 0.304 e. The summed E-state index contributed by atoms with van der Waals surface area (Å²) in [5.41, 5.74) is -12.5. The van der Waals surface area contributed by atoms with Gasteiger partial charge in [-0.1, -0.05) is 34.6 Å². The van der Waals surface area contributed by atoms with Crippen LogP contribution in [0.15, 0.2) is 0 Å². The van der Waals surface area contributed by atoms with Crippen LogP contribution in [0, 0.1) is 16.7 Å². The molecule has 22 heavy (non-hydrogen) atoms. The van der Waals surface area contributed by atoms with E-state index in [1.165, 1.54) is 0 Å². The van der Waals surface area contributed by atoms with Crippen LogP contribution < -0.4 is 0 Å². The van der Waals surface area contributed by atoms with Crippen LogP contribution in [0.25, 0.3) is 0 Å². The molecule has 0 bridgehead atoms. The lowest BCUT2D eigenvalue weighted by atomic mass is 9.80. The first kappa shape index (κ1) is 17.7. The molecule has 1 aliphatic heterocycles. The number of hydrogen-bond acceptors (Lipinski definition) is 1. The van der Waals surface area contributed by atoms with Crippen molar-refractivity contribution in [1.82, 2.24) is 0 Å². The third kappa shape index (κ3) is 1.49. The van der Waals surface area contributed by atoms with Gasteiger partial charge in [-0.15, -0.1) is 0 Å². The van der Waals surface area contributed by atoms with E-state index in [4.69, 9.17) is 0 Å². The van der Waals surface area contributed by atoms with Crippen molar-refractivity contribution < 1.29 is 39.9 Å². The maximum absolute atomic E-state index is 14.6. The quantitative estimate of drug-likeness (QED) is 0.613. The second-order valence-electron chi connectivity index (χ2n) is 7.54. The number of alkyl halides is 8. The Morgan fingerprint density at radius 1 is 0.864 bits per heavy atom. The Bertz CT molecular complexity index is 503. The standard InChI is InChI=1S/C13H16F8O/c1-7(2,3)11(15,16)10-6(8(10,4)5)9(14,12(17,18)19)13(20,21)22-10/h6H,1-5H3. The zero-order valence-corrected chi connectivity index (χ0v) is 12.5. The normalized spacial score (nSPS) is 40.5. The minimum absolute atomic E-state index is 0.882. The molecule has 0 spiro atoms. The van der Waals surface area contributed by atoms with Gasteiger partial charge in [0.05, 0.1) is 5.92 Å². The summed E-state index contributed by atoms with van der Waals surface area (Å²) >= 11 is 0. The molecule has 0 N–H and O–H groups in total. The summed E-state index contributed by atoms with van der Waals surface area (Å²) in [6.45, 7) is 4.68. The highest BCUT2D eigenvalue weighted by Gasteiger charge is 3.03. The maximum Gasteiger partial charge on any atom is 0.431 e. The van der Waals surface area contributed by atoms with Gasteiger partial charge >= 0.3 is 18.0 Å². The van der Waals surface area contributed by atoms with Gasteiger partial charge in [-0.3, -0.25) is 0 Å². The Hall–Kier alpha value is -0.600. The first-order chi connectivity index (χ1) is 9.32. The van der Waals surface area contributed by atoms with Crippen LogP contribution in [0.3, 0.4) is 0 Å². The van der Waals surface area contributed by atoms with Crippen LogP contribution in [-0.4, -0.2) is 29.5 Å². The molecule has 3 unspecified atom stereocenters. The highest BCUT2D eigenvalue weighted by Crippen LogP contribution is 2.84. The lowest BCUT2D eigenvalue weighted by Gasteiger charge is -2.39. The second-order valence-corrected chi connectivity index (χ2v) is 7.54. The van der Waals surface area contributed by atoms with Crippen molar-refractivity contribution in [2.24, 2.45) is 16.7 Å². The monoisotopic (exact) mass is 340 g/mol. The molecule has 130 valence electrons. The molecule has 1 saturated heterocycles. The number of halogens is 8. The molecule has 0 aromatic heterocycles. The largest absolute Gasteiger partial charge is 0.431 e. The summed E-state index contributed by atoms with van der Waals surface area (Å²) in [6.07, 6.45) is -11.4. The first-order valence-electron chi connectivity index (χ1n) is 6.54. The molecule has 1 nitrogen and oxygen atoms in total. The van der Waals surface area contributed by atoms with Crippen LogP contribution in [0.4, 0.5) is 35.1 Å².